The van der Waals surface area contributed by atoms with Gasteiger partial charge in [0, 0.05) is 17.4 Å². The van der Waals surface area contributed by atoms with Gasteiger partial charge in [-0.1, -0.05) is 42.5 Å². The zero-order valence-corrected chi connectivity index (χ0v) is 13.1. The molecule has 124 valence electrons. The fourth-order valence-electron chi connectivity index (χ4n) is 3.02. The normalized spacial score (nSPS) is 16.3. The van der Waals surface area contributed by atoms with Crippen molar-refractivity contribution in [1.29, 1.82) is 0 Å². The van der Waals surface area contributed by atoms with Gasteiger partial charge in [-0.15, -0.1) is 0 Å². The van der Waals surface area contributed by atoms with Gasteiger partial charge in [0.05, 0.1) is 5.56 Å². The van der Waals surface area contributed by atoms with Gasteiger partial charge in [-0.05, 0) is 29.8 Å². The molecule has 3 nitrogen and oxygen atoms in total. The summed E-state index contributed by atoms with van der Waals surface area (Å²) in [4.78, 5) is 14.5. The van der Waals surface area contributed by atoms with Crippen LogP contribution in [0.3, 0.4) is 0 Å². The lowest BCUT2D eigenvalue weighted by atomic mass is 10.0. The van der Waals surface area contributed by atoms with E-state index in [-0.39, 0.29) is 5.91 Å². The van der Waals surface area contributed by atoms with Crippen LogP contribution in [0.15, 0.2) is 72.8 Å². The Hall–Kier alpha value is -3.21. The lowest BCUT2D eigenvalue weighted by Crippen LogP contribution is -2.43. The lowest BCUT2D eigenvalue weighted by molar-refractivity contribution is 0.0975. The SMILES string of the molecule is O=C1c2ccccc2N[C@H](c2ccccc2)N1c1ccc(F)c(F)c1. The van der Waals surface area contributed by atoms with E-state index < -0.39 is 17.8 Å². The highest BCUT2D eigenvalue weighted by molar-refractivity contribution is 6.12. The molecule has 0 bridgehead atoms. The van der Waals surface area contributed by atoms with Gasteiger partial charge in [0.15, 0.2) is 11.6 Å². The molecule has 5 heteroatoms. The molecule has 0 aliphatic carbocycles. The van der Waals surface area contributed by atoms with Crippen molar-refractivity contribution in [2.75, 3.05) is 10.2 Å². The highest BCUT2D eigenvalue weighted by Gasteiger charge is 2.34. The molecule has 4 rings (SSSR count). The Morgan fingerprint density at radius 3 is 2.32 bits per heavy atom. The number of hydrogen-bond acceptors (Lipinski definition) is 2. The maximum Gasteiger partial charge on any atom is 0.262 e. The molecular weight excluding hydrogens is 322 g/mol. The van der Waals surface area contributed by atoms with Crippen molar-refractivity contribution in [1.82, 2.24) is 0 Å². The minimum atomic E-state index is -0.990. The number of carbonyl (C=O) groups excluding carboxylic acids is 1. The zero-order valence-electron chi connectivity index (χ0n) is 13.1. The number of carbonyl (C=O) groups is 1. The maximum absolute atomic E-state index is 13.8. The van der Waals surface area contributed by atoms with E-state index in [2.05, 4.69) is 5.32 Å². The molecule has 1 amide bonds. The molecule has 25 heavy (non-hydrogen) atoms. The third kappa shape index (κ3) is 2.63. The second-order valence-corrected chi connectivity index (χ2v) is 5.78. The Morgan fingerprint density at radius 2 is 1.56 bits per heavy atom. The minimum Gasteiger partial charge on any atom is -0.360 e. The van der Waals surface area contributed by atoms with Gasteiger partial charge in [-0.3, -0.25) is 9.69 Å². The first-order chi connectivity index (χ1) is 12.1. The number of hydrogen-bond donors (Lipinski definition) is 1. The number of fused-ring (bicyclic) bond motifs is 1. The summed E-state index contributed by atoms with van der Waals surface area (Å²) < 4.78 is 27.1. The van der Waals surface area contributed by atoms with Gasteiger partial charge >= 0.3 is 0 Å². The van der Waals surface area contributed by atoms with E-state index in [4.69, 9.17) is 0 Å². The fraction of sp³-hybridized carbons (Fsp3) is 0.0500. The topological polar surface area (TPSA) is 32.3 Å². The summed E-state index contributed by atoms with van der Waals surface area (Å²) in [6.07, 6.45) is -0.520. The first-order valence-corrected chi connectivity index (χ1v) is 7.84. The zero-order chi connectivity index (χ0) is 17.4. The van der Waals surface area contributed by atoms with E-state index in [1.165, 1.54) is 11.0 Å². The Kier molecular flexibility index (Phi) is 3.69. The molecular formula is C20H14F2N2O. The van der Waals surface area contributed by atoms with Crippen LogP contribution < -0.4 is 10.2 Å². The molecule has 1 N–H and O–H groups in total. The number of rotatable bonds is 2. The summed E-state index contributed by atoms with van der Waals surface area (Å²) in [5.74, 6) is -2.21. The number of para-hydroxylation sites is 1. The third-order valence-electron chi connectivity index (χ3n) is 4.22. The predicted octanol–water partition coefficient (Wildman–Crippen LogP) is 4.74. The van der Waals surface area contributed by atoms with Gasteiger partial charge in [0.1, 0.15) is 6.17 Å². The molecule has 0 unspecified atom stereocenters. The van der Waals surface area contributed by atoms with Crippen LogP contribution in [0.1, 0.15) is 22.1 Å². The summed E-state index contributed by atoms with van der Waals surface area (Å²) in [5.41, 5.74) is 2.33. The van der Waals surface area contributed by atoms with Gasteiger partial charge < -0.3 is 5.32 Å². The van der Waals surface area contributed by atoms with Crippen LogP contribution >= 0.6 is 0 Å². The standard InChI is InChI=1S/C20H14F2N2O/c21-16-11-10-14(12-17(16)22)24-19(13-6-2-1-3-7-13)23-18-9-5-4-8-15(18)20(24)25/h1-12,19,23H/t19-/m0/s1. The van der Waals surface area contributed by atoms with Gasteiger partial charge in [0.2, 0.25) is 0 Å². The Bertz CT molecular complexity index is 943. The number of nitrogens with one attached hydrogen (secondary N) is 1. The average Bonchev–Trinajstić information content (AvgIpc) is 2.65. The molecule has 0 saturated carbocycles. The molecule has 0 fully saturated rings. The largest absolute Gasteiger partial charge is 0.360 e. The number of halogens is 2. The summed E-state index contributed by atoms with van der Waals surface area (Å²) in [7, 11) is 0. The third-order valence-corrected chi connectivity index (χ3v) is 4.22. The molecule has 1 aliphatic heterocycles. The molecule has 1 atom stereocenters. The number of benzene rings is 3. The molecule has 0 saturated heterocycles. The van der Waals surface area contributed by atoms with E-state index in [0.29, 0.717) is 16.9 Å². The fourth-order valence-corrected chi connectivity index (χ4v) is 3.02. The summed E-state index contributed by atoms with van der Waals surface area (Å²) in [6, 6.07) is 20.0. The van der Waals surface area contributed by atoms with Crippen molar-refractivity contribution in [2.24, 2.45) is 0 Å². The van der Waals surface area contributed by atoms with Crippen LogP contribution in [0, 0.1) is 11.6 Å². The molecule has 1 heterocycles. The first kappa shape index (κ1) is 15.3. The molecule has 3 aromatic carbocycles. The van der Waals surface area contributed by atoms with Crippen LogP contribution in [0.4, 0.5) is 20.2 Å². The average molecular weight is 336 g/mol. The predicted molar refractivity (Wildman–Crippen MR) is 92.4 cm³/mol. The van der Waals surface area contributed by atoms with Crippen molar-refractivity contribution < 1.29 is 13.6 Å². The Morgan fingerprint density at radius 1 is 0.840 bits per heavy atom. The smallest absolute Gasteiger partial charge is 0.262 e. The second-order valence-electron chi connectivity index (χ2n) is 5.78. The van der Waals surface area contributed by atoms with Crippen molar-refractivity contribution in [3.05, 3.63) is 95.6 Å². The summed E-state index contributed by atoms with van der Waals surface area (Å²) in [6.45, 7) is 0. The van der Waals surface area contributed by atoms with E-state index in [1.807, 2.05) is 42.5 Å². The highest BCUT2D eigenvalue weighted by Crippen LogP contribution is 2.36. The van der Waals surface area contributed by atoms with Crippen LogP contribution in [-0.4, -0.2) is 5.91 Å². The monoisotopic (exact) mass is 336 g/mol. The van der Waals surface area contributed by atoms with E-state index in [0.717, 1.165) is 17.7 Å². The van der Waals surface area contributed by atoms with E-state index in [1.54, 1.807) is 12.1 Å². The van der Waals surface area contributed by atoms with E-state index >= 15 is 0 Å². The van der Waals surface area contributed by atoms with Gasteiger partial charge in [-0.25, -0.2) is 8.78 Å². The highest BCUT2D eigenvalue weighted by atomic mass is 19.2. The Balaban J connectivity index is 1.88. The first-order valence-electron chi connectivity index (χ1n) is 7.84. The molecule has 0 radical (unpaired) electrons. The van der Waals surface area contributed by atoms with Gasteiger partial charge in [0.25, 0.3) is 5.91 Å². The number of nitrogens with zero attached hydrogens (tertiary/aromatic N) is 1. The summed E-state index contributed by atoms with van der Waals surface area (Å²) >= 11 is 0. The van der Waals surface area contributed by atoms with Crippen LogP contribution in [-0.2, 0) is 0 Å². The van der Waals surface area contributed by atoms with Crippen LogP contribution in [0.5, 0.6) is 0 Å². The van der Waals surface area contributed by atoms with Crippen molar-refractivity contribution in [2.45, 2.75) is 6.17 Å². The summed E-state index contributed by atoms with van der Waals surface area (Å²) in [5, 5.41) is 3.32. The Labute approximate surface area is 143 Å². The van der Waals surface area contributed by atoms with E-state index in [9.17, 15) is 13.6 Å². The second kappa shape index (κ2) is 6.02. The maximum atomic E-state index is 13.8. The number of anilines is 2. The molecule has 1 aliphatic rings. The van der Waals surface area contributed by atoms with Crippen molar-refractivity contribution >= 4 is 17.3 Å². The van der Waals surface area contributed by atoms with Crippen molar-refractivity contribution in [3.63, 3.8) is 0 Å². The molecule has 0 spiro atoms. The quantitative estimate of drug-likeness (QED) is 0.733. The van der Waals surface area contributed by atoms with Crippen LogP contribution in [0.2, 0.25) is 0 Å². The van der Waals surface area contributed by atoms with Gasteiger partial charge in [-0.2, -0.15) is 0 Å². The molecule has 3 aromatic rings. The van der Waals surface area contributed by atoms with Crippen LogP contribution in [0.25, 0.3) is 0 Å². The number of amides is 1. The van der Waals surface area contributed by atoms with Crippen molar-refractivity contribution in [3.8, 4) is 0 Å². The lowest BCUT2D eigenvalue weighted by Gasteiger charge is -2.38. The molecule has 0 aromatic heterocycles. The minimum absolute atomic E-state index is 0.269.